The average Bonchev–Trinajstić information content (AvgIpc) is 2.39. The van der Waals surface area contributed by atoms with Gasteiger partial charge in [0.25, 0.3) is 5.56 Å². The Morgan fingerprint density at radius 2 is 2.00 bits per heavy atom. The number of aromatic nitrogens is 2. The lowest BCUT2D eigenvalue weighted by Crippen LogP contribution is -2.29. The van der Waals surface area contributed by atoms with Crippen LogP contribution in [0, 0.1) is 17.4 Å². The van der Waals surface area contributed by atoms with Crippen molar-refractivity contribution in [1.29, 1.82) is 0 Å². The second kappa shape index (κ2) is 5.64. The van der Waals surface area contributed by atoms with E-state index < -0.39 is 0 Å². The number of carbonyl (C=O) groups excluding carboxylic acids is 1. The molecule has 0 saturated heterocycles. The van der Waals surface area contributed by atoms with Crippen LogP contribution in [0.4, 0.5) is 0 Å². The van der Waals surface area contributed by atoms with E-state index in [-0.39, 0.29) is 17.9 Å². The number of rotatable bonds is 3. The third-order valence-electron chi connectivity index (χ3n) is 2.95. The summed E-state index contributed by atoms with van der Waals surface area (Å²) in [5, 5.41) is 0. The van der Waals surface area contributed by atoms with Crippen LogP contribution in [0.2, 0.25) is 0 Å². The van der Waals surface area contributed by atoms with Crippen molar-refractivity contribution in [3.8, 4) is 0 Å². The first-order valence-electron chi connectivity index (χ1n) is 5.81. The number of hydrogen-bond donors (Lipinski definition) is 0. The standard InChI is InChI=1S/C14H13IN2O2/c1-9-5-3-4-6-11(9)13(18)8-17-10(2)16-7-12(15)14(17)19/h3-7H,8H2,1-2H3. The van der Waals surface area contributed by atoms with Gasteiger partial charge in [0.15, 0.2) is 5.78 Å². The van der Waals surface area contributed by atoms with Crippen LogP contribution in [0.15, 0.2) is 35.3 Å². The van der Waals surface area contributed by atoms with Gasteiger partial charge in [-0.3, -0.25) is 14.2 Å². The summed E-state index contributed by atoms with van der Waals surface area (Å²) in [5.41, 5.74) is 1.39. The minimum Gasteiger partial charge on any atom is -0.292 e. The Morgan fingerprint density at radius 3 is 2.68 bits per heavy atom. The van der Waals surface area contributed by atoms with Gasteiger partial charge in [0.1, 0.15) is 5.82 Å². The Morgan fingerprint density at radius 1 is 1.32 bits per heavy atom. The number of nitrogens with zero attached hydrogens (tertiary/aromatic N) is 2. The molecule has 0 aliphatic carbocycles. The molecule has 0 bridgehead atoms. The van der Waals surface area contributed by atoms with Crippen LogP contribution in [0.3, 0.4) is 0 Å². The Bertz CT molecular complexity index is 692. The first-order valence-corrected chi connectivity index (χ1v) is 6.89. The van der Waals surface area contributed by atoms with Crippen LogP contribution >= 0.6 is 22.6 Å². The smallest absolute Gasteiger partial charge is 0.267 e. The fraction of sp³-hybridized carbons (Fsp3) is 0.214. The monoisotopic (exact) mass is 368 g/mol. The molecule has 0 spiro atoms. The van der Waals surface area contributed by atoms with Crippen LogP contribution in [-0.4, -0.2) is 15.3 Å². The SMILES string of the molecule is Cc1ccccc1C(=O)Cn1c(C)ncc(I)c1=O. The summed E-state index contributed by atoms with van der Waals surface area (Å²) in [4.78, 5) is 28.4. The topological polar surface area (TPSA) is 52.0 Å². The molecular formula is C14H13IN2O2. The first kappa shape index (κ1) is 13.9. The minimum atomic E-state index is -0.171. The van der Waals surface area contributed by atoms with E-state index in [0.717, 1.165) is 5.56 Å². The highest BCUT2D eigenvalue weighted by molar-refractivity contribution is 14.1. The predicted molar refractivity (Wildman–Crippen MR) is 81.5 cm³/mol. The first-order chi connectivity index (χ1) is 9.00. The van der Waals surface area contributed by atoms with Crippen molar-refractivity contribution in [2.75, 3.05) is 0 Å². The molecule has 5 heteroatoms. The molecule has 0 saturated carbocycles. The molecule has 0 radical (unpaired) electrons. The number of aryl methyl sites for hydroxylation is 2. The molecule has 0 N–H and O–H groups in total. The third-order valence-corrected chi connectivity index (χ3v) is 3.69. The number of hydrogen-bond acceptors (Lipinski definition) is 3. The van der Waals surface area contributed by atoms with Crippen molar-refractivity contribution in [3.63, 3.8) is 0 Å². The highest BCUT2D eigenvalue weighted by Crippen LogP contribution is 2.09. The van der Waals surface area contributed by atoms with E-state index in [9.17, 15) is 9.59 Å². The van der Waals surface area contributed by atoms with E-state index in [1.807, 2.05) is 47.7 Å². The minimum absolute atomic E-state index is 0.0271. The van der Waals surface area contributed by atoms with E-state index in [1.54, 1.807) is 13.0 Å². The lowest BCUT2D eigenvalue weighted by Gasteiger charge is -2.09. The molecule has 19 heavy (non-hydrogen) atoms. The molecule has 0 atom stereocenters. The van der Waals surface area contributed by atoms with E-state index in [2.05, 4.69) is 4.98 Å². The van der Waals surface area contributed by atoms with Crippen molar-refractivity contribution in [1.82, 2.24) is 9.55 Å². The molecule has 4 nitrogen and oxygen atoms in total. The Labute approximate surface area is 124 Å². The molecule has 98 valence electrons. The van der Waals surface area contributed by atoms with Gasteiger partial charge in [-0.15, -0.1) is 0 Å². The van der Waals surface area contributed by atoms with Crippen molar-refractivity contribution in [2.45, 2.75) is 20.4 Å². The van der Waals surface area contributed by atoms with Crippen molar-refractivity contribution >= 4 is 28.4 Å². The van der Waals surface area contributed by atoms with Crippen molar-refractivity contribution < 1.29 is 4.79 Å². The van der Waals surface area contributed by atoms with Crippen molar-refractivity contribution in [3.05, 3.63) is 61.3 Å². The Kier molecular flexibility index (Phi) is 4.14. The summed E-state index contributed by atoms with van der Waals surface area (Å²) in [5.74, 6) is 0.472. The van der Waals surface area contributed by atoms with Gasteiger partial charge < -0.3 is 0 Å². The van der Waals surface area contributed by atoms with E-state index in [1.165, 1.54) is 10.8 Å². The van der Waals surface area contributed by atoms with Crippen LogP contribution in [0.1, 0.15) is 21.7 Å². The van der Waals surface area contributed by atoms with Gasteiger partial charge in [-0.25, -0.2) is 4.98 Å². The number of carbonyl (C=O) groups is 1. The molecule has 0 unspecified atom stereocenters. The molecule has 0 aliphatic heterocycles. The fourth-order valence-corrected chi connectivity index (χ4v) is 2.28. The highest BCUT2D eigenvalue weighted by atomic mass is 127. The zero-order valence-corrected chi connectivity index (χ0v) is 12.8. The van der Waals surface area contributed by atoms with E-state index >= 15 is 0 Å². The molecule has 0 amide bonds. The predicted octanol–water partition coefficient (Wildman–Crippen LogP) is 2.35. The Hall–Kier alpha value is -1.50. The maximum Gasteiger partial charge on any atom is 0.267 e. The zero-order chi connectivity index (χ0) is 14.0. The summed E-state index contributed by atoms with van der Waals surface area (Å²) >= 11 is 1.93. The largest absolute Gasteiger partial charge is 0.292 e. The van der Waals surface area contributed by atoms with Crippen LogP contribution in [0.25, 0.3) is 0 Å². The second-order valence-electron chi connectivity index (χ2n) is 4.28. The summed E-state index contributed by atoms with van der Waals surface area (Å²) in [6.07, 6.45) is 1.52. The van der Waals surface area contributed by atoms with E-state index in [4.69, 9.17) is 0 Å². The number of halogens is 1. The Balaban J connectivity index is 2.38. The maximum absolute atomic E-state index is 12.3. The van der Waals surface area contributed by atoms with Gasteiger partial charge in [-0.05, 0) is 42.0 Å². The van der Waals surface area contributed by atoms with Crippen LogP contribution in [-0.2, 0) is 6.54 Å². The zero-order valence-electron chi connectivity index (χ0n) is 10.7. The van der Waals surface area contributed by atoms with Crippen LogP contribution < -0.4 is 5.56 Å². The highest BCUT2D eigenvalue weighted by Gasteiger charge is 2.13. The summed E-state index contributed by atoms with van der Waals surface area (Å²) in [7, 11) is 0. The third kappa shape index (κ3) is 2.91. The molecular weight excluding hydrogens is 355 g/mol. The van der Waals surface area contributed by atoms with Gasteiger partial charge in [-0.2, -0.15) is 0 Å². The van der Waals surface area contributed by atoms with Gasteiger partial charge in [-0.1, -0.05) is 24.3 Å². The number of Topliss-reactive ketones (excluding diaryl/α,β-unsaturated/α-hetero) is 1. The maximum atomic E-state index is 12.3. The van der Waals surface area contributed by atoms with Gasteiger partial charge in [0, 0.05) is 11.8 Å². The molecule has 2 aromatic rings. The quantitative estimate of drug-likeness (QED) is 0.618. The second-order valence-corrected chi connectivity index (χ2v) is 5.44. The summed E-state index contributed by atoms with van der Waals surface area (Å²) in [6, 6.07) is 7.37. The number of ketones is 1. The van der Waals surface area contributed by atoms with E-state index in [0.29, 0.717) is 15.0 Å². The average molecular weight is 368 g/mol. The normalized spacial score (nSPS) is 10.5. The molecule has 1 aromatic heterocycles. The lowest BCUT2D eigenvalue weighted by atomic mass is 10.1. The fourth-order valence-electron chi connectivity index (χ4n) is 1.85. The molecule has 1 aromatic carbocycles. The summed E-state index contributed by atoms with van der Waals surface area (Å²) in [6.45, 7) is 3.64. The molecule has 0 aliphatic rings. The molecule has 0 fully saturated rings. The van der Waals surface area contributed by atoms with Crippen molar-refractivity contribution in [2.24, 2.45) is 0 Å². The van der Waals surface area contributed by atoms with Gasteiger partial charge >= 0.3 is 0 Å². The molecule has 1 heterocycles. The van der Waals surface area contributed by atoms with Crippen LogP contribution in [0.5, 0.6) is 0 Å². The number of benzene rings is 1. The summed E-state index contributed by atoms with van der Waals surface area (Å²) < 4.78 is 1.93. The lowest BCUT2D eigenvalue weighted by molar-refractivity contribution is 0.0968. The van der Waals surface area contributed by atoms with Gasteiger partial charge in [0.2, 0.25) is 0 Å². The molecule has 2 rings (SSSR count). The van der Waals surface area contributed by atoms with Gasteiger partial charge in [0.05, 0.1) is 10.1 Å².